The fourth-order valence-corrected chi connectivity index (χ4v) is 5.69. The van der Waals surface area contributed by atoms with Crippen LogP contribution in [-0.2, 0) is 14.8 Å². The van der Waals surface area contributed by atoms with Gasteiger partial charge in [-0.2, -0.15) is 4.31 Å². The molecule has 2 atom stereocenters. The molecule has 0 saturated carbocycles. The van der Waals surface area contributed by atoms with E-state index in [0.717, 1.165) is 0 Å². The minimum atomic E-state index is -4.24. The number of nitrogens with zero attached hydrogens (tertiary/aromatic N) is 1. The molecule has 1 aliphatic rings. The molecule has 0 spiro atoms. The molecule has 2 unspecified atom stereocenters. The van der Waals surface area contributed by atoms with Gasteiger partial charge >= 0.3 is 5.97 Å². The van der Waals surface area contributed by atoms with Crippen LogP contribution in [0.2, 0.25) is 10.0 Å². The van der Waals surface area contributed by atoms with Gasteiger partial charge in [0.2, 0.25) is 10.0 Å². The molecule has 10 heteroatoms. The molecule has 1 aliphatic heterocycles. The summed E-state index contributed by atoms with van der Waals surface area (Å²) in [5.41, 5.74) is 0. The number of hydrogen-bond donors (Lipinski definition) is 2. The predicted octanol–water partition coefficient (Wildman–Crippen LogP) is 1.96. The van der Waals surface area contributed by atoms with Crippen LogP contribution in [0.1, 0.15) is 6.42 Å². The number of aliphatic carboxylic acids is 1. The first-order valence-electron chi connectivity index (χ1n) is 5.72. The Morgan fingerprint density at radius 2 is 1.86 bits per heavy atom. The number of carboxylic acids is 1. The Morgan fingerprint density at radius 3 is 2.33 bits per heavy atom. The fraction of sp³-hybridized carbons (Fsp3) is 0.364. The molecule has 1 heterocycles. The van der Waals surface area contributed by atoms with E-state index < -0.39 is 28.1 Å². The molecule has 0 aliphatic carbocycles. The van der Waals surface area contributed by atoms with Gasteiger partial charge in [-0.3, -0.25) is 4.79 Å². The van der Waals surface area contributed by atoms with E-state index >= 15 is 0 Å². The van der Waals surface area contributed by atoms with Crippen LogP contribution in [0.5, 0.6) is 0 Å². The van der Waals surface area contributed by atoms with Crippen LogP contribution in [0.25, 0.3) is 0 Å². The van der Waals surface area contributed by atoms with Crippen LogP contribution >= 0.6 is 39.1 Å². The summed E-state index contributed by atoms with van der Waals surface area (Å²) in [6, 6.07) is 1.35. The number of hydrogen-bond acceptors (Lipinski definition) is 4. The van der Waals surface area contributed by atoms with Gasteiger partial charge in [0, 0.05) is 17.4 Å². The molecule has 0 radical (unpaired) electrons. The van der Waals surface area contributed by atoms with Crippen molar-refractivity contribution in [3.05, 3.63) is 26.7 Å². The topological polar surface area (TPSA) is 94.9 Å². The van der Waals surface area contributed by atoms with Crippen molar-refractivity contribution in [2.45, 2.75) is 23.5 Å². The van der Waals surface area contributed by atoms with Crippen molar-refractivity contribution in [2.24, 2.45) is 0 Å². The van der Waals surface area contributed by atoms with Gasteiger partial charge in [0.25, 0.3) is 0 Å². The number of aliphatic hydroxyl groups is 1. The predicted molar refractivity (Wildman–Crippen MR) is 80.1 cm³/mol. The van der Waals surface area contributed by atoms with E-state index in [9.17, 15) is 18.3 Å². The zero-order valence-electron chi connectivity index (χ0n) is 10.3. The molecule has 1 aromatic carbocycles. The lowest BCUT2D eigenvalue weighted by Gasteiger charge is -2.22. The van der Waals surface area contributed by atoms with Crippen LogP contribution in [0.15, 0.2) is 21.5 Å². The second kappa shape index (κ2) is 6.02. The smallest absolute Gasteiger partial charge is 0.322 e. The Kier molecular flexibility index (Phi) is 4.87. The van der Waals surface area contributed by atoms with Crippen molar-refractivity contribution in [3.8, 4) is 0 Å². The normalized spacial score (nSPS) is 23.4. The average molecular weight is 419 g/mol. The van der Waals surface area contributed by atoms with Gasteiger partial charge in [-0.25, -0.2) is 8.42 Å². The van der Waals surface area contributed by atoms with Gasteiger partial charge < -0.3 is 10.2 Å². The van der Waals surface area contributed by atoms with Gasteiger partial charge in [0.05, 0.1) is 16.1 Å². The van der Waals surface area contributed by atoms with E-state index in [1.807, 2.05) is 0 Å². The lowest BCUT2D eigenvalue weighted by Crippen LogP contribution is -2.40. The maximum absolute atomic E-state index is 12.6. The maximum Gasteiger partial charge on any atom is 0.322 e. The Bertz CT molecular complexity index is 673. The van der Waals surface area contributed by atoms with Gasteiger partial charge in [0.1, 0.15) is 10.9 Å². The minimum absolute atomic E-state index is 0.125. The summed E-state index contributed by atoms with van der Waals surface area (Å²) < 4.78 is 26.4. The molecule has 1 aromatic rings. The third-order valence-corrected chi connectivity index (χ3v) is 6.30. The Morgan fingerprint density at radius 1 is 1.33 bits per heavy atom. The van der Waals surface area contributed by atoms with E-state index in [2.05, 4.69) is 15.9 Å². The fourth-order valence-electron chi connectivity index (χ4n) is 2.17. The van der Waals surface area contributed by atoms with Crippen molar-refractivity contribution < 1.29 is 23.4 Å². The minimum Gasteiger partial charge on any atom is -0.480 e. The van der Waals surface area contributed by atoms with E-state index in [1.54, 1.807) is 0 Å². The van der Waals surface area contributed by atoms with Crippen molar-refractivity contribution in [1.29, 1.82) is 0 Å². The van der Waals surface area contributed by atoms with Crippen LogP contribution in [0.4, 0.5) is 0 Å². The van der Waals surface area contributed by atoms with Crippen molar-refractivity contribution in [2.75, 3.05) is 6.54 Å². The van der Waals surface area contributed by atoms with Gasteiger partial charge in [-0.15, -0.1) is 0 Å². The van der Waals surface area contributed by atoms with E-state index in [0.29, 0.717) is 8.78 Å². The average Bonchev–Trinajstić information content (AvgIpc) is 2.70. The molecule has 0 amide bonds. The second-order valence-electron chi connectivity index (χ2n) is 4.52. The van der Waals surface area contributed by atoms with Crippen LogP contribution in [0, 0.1) is 0 Å². The second-order valence-corrected chi connectivity index (χ2v) is 8.07. The number of halogens is 3. The third kappa shape index (κ3) is 3.20. The first-order valence-corrected chi connectivity index (χ1v) is 8.70. The summed E-state index contributed by atoms with van der Waals surface area (Å²) >= 11 is 15.0. The molecule has 1 fully saturated rings. The maximum atomic E-state index is 12.6. The molecule has 2 rings (SSSR count). The molecular weight excluding hydrogens is 409 g/mol. The van der Waals surface area contributed by atoms with Crippen LogP contribution in [-0.4, -0.2) is 47.6 Å². The number of carbonyl (C=O) groups is 1. The lowest BCUT2D eigenvalue weighted by molar-refractivity contribution is -0.140. The van der Waals surface area contributed by atoms with Crippen molar-refractivity contribution in [3.63, 3.8) is 0 Å². The SMILES string of the molecule is O=C(O)C1CC(O)CN1S(=O)(=O)c1c(Cl)cc(Br)cc1Cl. The number of carboxylic acid groups (broad SMARTS) is 1. The lowest BCUT2D eigenvalue weighted by atomic mass is 10.2. The standard InChI is InChI=1S/C11H10BrCl2NO5S/c12-5-1-7(13)10(8(14)2-5)21(19,20)15-4-6(16)3-9(15)11(17)18/h1-2,6,9,16H,3-4H2,(H,17,18). The number of sulfonamides is 1. The summed E-state index contributed by atoms with van der Waals surface area (Å²) in [7, 11) is -4.24. The first kappa shape index (κ1) is 17.0. The highest BCUT2D eigenvalue weighted by Gasteiger charge is 2.44. The van der Waals surface area contributed by atoms with Gasteiger partial charge in [-0.05, 0) is 12.1 Å². The Balaban J connectivity index is 2.55. The Hall–Kier alpha value is -0.380. The van der Waals surface area contributed by atoms with E-state index in [4.69, 9.17) is 28.3 Å². The number of rotatable bonds is 3. The third-order valence-electron chi connectivity index (χ3n) is 3.05. The van der Waals surface area contributed by atoms with Crippen molar-refractivity contribution >= 4 is 55.1 Å². The molecular formula is C11H10BrCl2NO5S. The highest BCUT2D eigenvalue weighted by atomic mass is 79.9. The zero-order valence-corrected chi connectivity index (χ0v) is 14.2. The molecule has 116 valence electrons. The highest BCUT2D eigenvalue weighted by molar-refractivity contribution is 9.10. The van der Waals surface area contributed by atoms with E-state index in [1.165, 1.54) is 12.1 Å². The summed E-state index contributed by atoms with van der Waals surface area (Å²) in [5, 5.41) is 18.4. The summed E-state index contributed by atoms with van der Waals surface area (Å²) in [4.78, 5) is 10.8. The molecule has 21 heavy (non-hydrogen) atoms. The molecule has 1 saturated heterocycles. The Labute approximate surface area is 139 Å². The monoisotopic (exact) mass is 417 g/mol. The summed E-state index contributed by atoms with van der Waals surface area (Å²) in [6.07, 6.45) is -1.23. The quantitative estimate of drug-likeness (QED) is 0.782. The number of benzene rings is 1. The summed E-state index contributed by atoms with van der Waals surface area (Å²) in [5.74, 6) is -1.33. The van der Waals surface area contributed by atoms with Crippen LogP contribution in [0.3, 0.4) is 0 Å². The molecule has 0 aromatic heterocycles. The number of aliphatic hydroxyl groups excluding tert-OH is 1. The zero-order chi connectivity index (χ0) is 15.9. The van der Waals surface area contributed by atoms with Crippen molar-refractivity contribution in [1.82, 2.24) is 4.31 Å². The number of β-amino-alcohol motifs (C(OH)–C–C–N with tert-alkyl or cyclic N) is 1. The summed E-state index contributed by atoms with van der Waals surface area (Å²) in [6.45, 7) is -0.317. The van der Waals surface area contributed by atoms with Gasteiger partial charge in [0.15, 0.2) is 0 Å². The largest absolute Gasteiger partial charge is 0.480 e. The van der Waals surface area contributed by atoms with E-state index in [-0.39, 0.29) is 27.9 Å². The molecule has 2 N–H and O–H groups in total. The van der Waals surface area contributed by atoms with Gasteiger partial charge in [-0.1, -0.05) is 39.1 Å². The molecule has 6 nitrogen and oxygen atoms in total. The first-order chi connectivity index (χ1) is 9.64. The molecule has 0 bridgehead atoms. The highest BCUT2D eigenvalue weighted by Crippen LogP contribution is 2.37. The van der Waals surface area contributed by atoms with Crippen LogP contribution < -0.4 is 0 Å².